The van der Waals surface area contributed by atoms with Gasteiger partial charge in [-0.1, -0.05) is 6.92 Å². The lowest BCUT2D eigenvalue weighted by Crippen LogP contribution is -2.49. The zero-order valence-electron chi connectivity index (χ0n) is 10.9. The van der Waals surface area contributed by atoms with Gasteiger partial charge in [-0.05, 0) is 52.2 Å². The third kappa shape index (κ3) is 1.78. The molecule has 1 spiro atoms. The van der Waals surface area contributed by atoms with Crippen molar-refractivity contribution in [1.82, 2.24) is 15.1 Å². The molecule has 2 saturated heterocycles. The van der Waals surface area contributed by atoms with E-state index in [1.54, 1.807) is 0 Å². The van der Waals surface area contributed by atoms with Crippen molar-refractivity contribution < 1.29 is 4.79 Å². The molecular formula is C13H23N3O. The van der Waals surface area contributed by atoms with Gasteiger partial charge in [0.2, 0.25) is 5.91 Å². The Kier molecular flexibility index (Phi) is 2.67. The summed E-state index contributed by atoms with van der Waals surface area (Å²) in [5.41, 5.74) is -0.135. The van der Waals surface area contributed by atoms with E-state index in [1.807, 2.05) is 0 Å². The first kappa shape index (κ1) is 11.5. The van der Waals surface area contributed by atoms with E-state index in [0.717, 1.165) is 45.2 Å². The minimum atomic E-state index is -0.135. The van der Waals surface area contributed by atoms with Crippen LogP contribution >= 0.6 is 0 Å². The number of carbonyl (C=O) groups is 1. The molecule has 0 aromatic heterocycles. The van der Waals surface area contributed by atoms with Crippen molar-refractivity contribution in [2.75, 3.05) is 20.1 Å². The van der Waals surface area contributed by atoms with E-state index >= 15 is 0 Å². The fourth-order valence-electron chi connectivity index (χ4n) is 3.31. The molecule has 1 saturated carbocycles. The van der Waals surface area contributed by atoms with Crippen LogP contribution in [0.1, 0.15) is 39.0 Å². The third-order valence-corrected chi connectivity index (χ3v) is 4.64. The lowest BCUT2D eigenvalue weighted by molar-refractivity contribution is -0.134. The fraction of sp³-hybridized carbons (Fsp3) is 0.923. The quantitative estimate of drug-likeness (QED) is 0.771. The average molecular weight is 237 g/mol. The van der Waals surface area contributed by atoms with Crippen molar-refractivity contribution in [2.24, 2.45) is 0 Å². The van der Waals surface area contributed by atoms with Gasteiger partial charge >= 0.3 is 0 Å². The Balaban J connectivity index is 1.74. The van der Waals surface area contributed by atoms with Gasteiger partial charge in [0.1, 0.15) is 0 Å². The second-order valence-corrected chi connectivity index (χ2v) is 5.90. The Hall–Kier alpha value is -0.610. The van der Waals surface area contributed by atoms with Crippen LogP contribution < -0.4 is 5.32 Å². The molecule has 4 nitrogen and oxygen atoms in total. The van der Waals surface area contributed by atoms with Gasteiger partial charge in [0.25, 0.3) is 0 Å². The van der Waals surface area contributed by atoms with Crippen LogP contribution in [0.5, 0.6) is 0 Å². The summed E-state index contributed by atoms with van der Waals surface area (Å²) in [6.45, 7) is 4.42. The Morgan fingerprint density at radius 2 is 2.00 bits per heavy atom. The van der Waals surface area contributed by atoms with E-state index < -0.39 is 0 Å². The topological polar surface area (TPSA) is 35.6 Å². The highest BCUT2D eigenvalue weighted by molar-refractivity contribution is 5.92. The average Bonchev–Trinajstić information content (AvgIpc) is 3.05. The summed E-state index contributed by atoms with van der Waals surface area (Å²) in [5, 5.41) is 3.56. The van der Waals surface area contributed by atoms with Crippen molar-refractivity contribution in [1.29, 1.82) is 0 Å². The van der Waals surface area contributed by atoms with Crippen molar-refractivity contribution in [3.8, 4) is 0 Å². The smallest absolute Gasteiger partial charge is 0.244 e. The zero-order chi connectivity index (χ0) is 12.0. The van der Waals surface area contributed by atoms with Crippen LogP contribution in [-0.2, 0) is 4.79 Å². The number of nitrogens with zero attached hydrogens (tertiary/aromatic N) is 2. The Morgan fingerprint density at radius 3 is 2.53 bits per heavy atom. The van der Waals surface area contributed by atoms with Gasteiger partial charge < -0.3 is 9.80 Å². The van der Waals surface area contributed by atoms with Crippen LogP contribution in [-0.4, -0.2) is 53.6 Å². The van der Waals surface area contributed by atoms with Crippen molar-refractivity contribution in [2.45, 2.75) is 56.8 Å². The predicted molar refractivity (Wildman–Crippen MR) is 66.5 cm³/mol. The predicted octanol–water partition coefficient (Wildman–Crippen LogP) is 0.781. The van der Waals surface area contributed by atoms with E-state index in [0.29, 0.717) is 18.1 Å². The first-order valence-electron chi connectivity index (χ1n) is 6.95. The van der Waals surface area contributed by atoms with Crippen LogP contribution in [0.25, 0.3) is 0 Å². The molecule has 1 unspecified atom stereocenters. The van der Waals surface area contributed by atoms with Gasteiger partial charge in [0.05, 0.1) is 11.7 Å². The molecule has 96 valence electrons. The fourth-order valence-corrected chi connectivity index (χ4v) is 3.31. The highest BCUT2D eigenvalue weighted by atomic mass is 16.2. The summed E-state index contributed by atoms with van der Waals surface area (Å²) in [7, 11) is 2.17. The standard InChI is InChI=1S/C13H23N3O/c1-3-11-14-13(6-7-13)12(17)16(11)10-4-8-15(2)9-5-10/h10-11,14H,3-9H2,1-2H3. The highest BCUT2D eigenvalue weighted by Gasteiger charge is 2.59. The number of carbonyl (C=O) groups excluding carboxylic acids is 1. The number of hydrogen-bond donors (Lipinski definition) is 1. The molecule has 2 aliphatic heterocycles. The van der Waals surface area contributed by atoms with E-state index in [4.69, 9.17) is 0 Å². The summed E-state index contributed by atoms with van der Waals surface area (Å²) in [6.07, 6.45) is 5.68. The van der Waals surface area contributed by atoms with Crippen molar-refractivity contribution >= 4 is 5.91 Å². The largest absolute Gasteiger partial charge is 0.322 e. The summed E-state index contributed by atoms with van der Waals surface area (Å²) in [5.74, 6) is 0.388. The molecule has 3 fully saturated rings. The van der Waals surface area contributed by atoms with Gasteiger partial charge in [-0.2, -0.15) is 0 Å². The molecule has 0 bridgehead atoms. The number of amides is 1. The molecule has 2 heterocycles. The lowest BCUT2D eigenvalue weighted by atomic mass is 10.0. The summed E-state index contributed by atoms with van der Waals surface area (Å²) >= 11 is 0. The van der Waals surface area contributed by atoms with Gasteiger partial charge in [0.15, 0.2) is 0 Å². The second kappa shape index (κ2) is 3.95. The first-order chi connectivity index (χ1) is 8.16. The van der Waals surface area contributed by atoms with Crippen molar-refractivity contribution in [3.05, 3.63) is 0 Å². The molecule has 1 N–H and O–H groups in total. The lowest BCUT2D eigenvalue weighted by Gasteiger charge is -2.37. The molecule has 4 heteroatoms. The SMILES string of the molecule is CCC1NC2(CC2)C(=O)N1C1CCN(C)CC1. The van der Waals surface area contributed by atoms with Crippen molar-refractivity contribution in [3.63, 3.8) is 0 Å². The van der Waals surface area contributed by atoms with Crippen LogP contribution in [0.4, 0.5) is 0 Å². The minimum absolute atomic E-state index is 0.135. The zero-order valence-corrected chi connectivity index (χ0v) is 10.9. The Labute approximate surface area is 103 Å². The maximum Gasteiger partial charge on any atom is 0.244 e. The molecule has 0 aromatic rings. The summed E-state index contributed by atoms with van der Waals surface area (Å²) in [6, 6.07) is 0.469. The van der Waals surface area contributed by atoms with Gasteiger partial charge in [-0.15, -0.1) is 0 Å². The minimum Gasteiger partial charge on any atom is -0.322 e. The van der Waals surface area contributed by atoms with Crippen LogP contribution in [0, 0.1) is 0 Å². The normalized spacial score (nSPS) is 33.6. The molecule has 0 radical (unpaired) electrons. The number of piperidine rings is 1. The Morgan fingerprint density at radius 1 is 1.35 bits per heavy atom. The number of nitrogens with one attached hydrogen (secondary N) is 1. The molecule has 3 rings (SSSR count). The number of hydrogen-bond acceptors (Lipinski definition) is 3. The van der Waals surface area contributed by atoms with Crippen LogP contribution in [0.2, 0.25) is 0 Å². The van der Waals surface area contributed by atoms with Crippen LogP contribution in [0.3, 0.4) is 0 Å². The van der Waals surface area contributed by atoms with E-state index in [-0.39, 0.29) is 5.54 Å². The summed E-state index contributed by atoms with van der Waals surface area (Å²) in [4.78, 5) is 17.0. The molecule has 1 amide bonds. The molecule has 3 aliphatic rings. The molecule has 1 aliphatic carbocycles. The van der Waals surface area contributed by atoms with Gasteiger partial charge in [-0.3, -0.25) is 10.1 Å². The summed E-state index contributed by atoms with van der Waals surface area (Å²) < 4.78 is 0. The Bertz CT molecular complexity index is 319. The number of likely N-dealkylation sites (tertiary alicyclic amines) is 1. The molecule has 1 atom stereocenters. The van der Waals surface area contributed by atoms with E-state index in [1.165, 1.54) is 0 Å². The first-order valence-corrected chi connectivity index (χ1v) is 6.95. The molecule has 17 heavy (non-hydrogen) atoms. The van der Waals surface area contributed by atoms with E-state index in [9.17, 15) is 4.79 Å². The van der Waals surface area contributed by atoms with Gasteiger partial charge in [-0.25, -0.2) is 0 Å². The van der Waals surface area contributed by atoms with Gasteiger partial charge in [0, 0.05) is 6.04 Å². The second-order valence-electron chi connectivity index (χ2n) is 5.90. The molecular weight excluding hydrogens is 214 g/mol. The van der Waals surface area contributed by atoms with E-state index in [2.05, 4.69) is 29.1 Å². The third-order valence-electron chi connectivity index (χ3n) is 4.64. The number of rotatable bonds is 2. The molecule has 0 aromatic carbocycles. The maximum atomic E-state index is 12.5. The maximum absolute atomic E-state index is 12.5. The van der Waals surface area contributed by atoms with Crippen LogP contribution in [0.15, 0.2) is 0 Å². The highest BCUT2D eigenvalue weighted by Crippen LogP contribution is 2.44. The monoisotopic (exact) mass is 237 g/mol.